The molecule has 126 valence electrons. The molecule has 1 amide bonds. The monoisotopic (exact) mass is 336 g/mol. The van der Waals surface area contributed by atoms with Crippen molar-refractivity contribution < 1.29 is 9.21 Å². The largest absolute Gasteiger partial charge is 0.450 e. The van der Waals surface area contributed by atoms with Gasteiger partial charge in [-0.3, -0.25) is 4.79 Å². The smallest absolute Gasteiger partial charge is 0.290 e. The lowest BCUT2D eigenvalue weighted by Crippen LogP contribution is -2.42. The summed E-state index contributed by atoms with van der Waals surface area (Å²) in [5, 5.41) is 4.39. The number of benzene rings is 1. The van der Waals surface area contributed by atoms with Gasteiger partial charge in [0, 0.05) is 30.1 Å². The molecule has 5 heteroatoms. The Hall–Kier alpha value is -1.52. The molecule has 1 atom stereocenters. The first-order chi connectivity index (χ1) is 10.6. The number of nitrogens with one attached hydrogen (secondary N) is 1. The van der Waals surface area contributed by atoms with Gasteiger partial charge in [-0.05, 0) is 38.8 Å². The Balaban J connectivity index is 0.00000192. The third-order valence-electron chi connectivity index (χ3n) is 4.56. The van der Waals surface area contributed by atoms with E-state index in [0.717, 1.165) is 54.6 Å². The van der Waals surface area contributed by atoms with Crippen LogP contribution in [0.4, 0.5) is 0 Å². The van der Waals surface area contributed by atoms with Gasteiger partial charge in [-0.2, -0.15) is 0 Å². The summed E-state index contributed by atoms with van der Waals surface area (Å²) in [6, 6.07) is 6.34. The minimum absolute atomic E-state index is 0. The lowest BCUT2D eigenvalue weighted by molar-refractivity contribution is 0.0661. The lowest BCUT2D eigenvalue weighted by Gasteiger charge is -2.27. The molecular formula is C18H25ClN2O2. The summed E-state index contributed by atoms with van der Waals surface area (Å²) in [7, 11) is 0. The quantitative estimate of drug-likeness (QED) is 0.926. The van der Waals surface area contributed by atoms with Gasteiger partial charge in [0.25, 0.3) is 5.91 Å². The number of aryl methyl sites for hydroxylation is 2. The number of para-hydroxylation sites is 1. The molecule has 0 saturated carbocycles. The maximum atomic E-state index is 13.0. The first-order valence-electron chi connectivity index (χ1n) is 8.14. The van der Waals surface area contributed by atoms with E-state index in [4.69, 9.17) is 4.42 Å². The Morgan fingerprint density at radius 2 is 2.17 bits per heavy atom. The van der Waals surface area contributed by atoms with Crippen molar-refractivity contribution in [2.24, 2.45) is 0 Å². The molecule has 0 radical (unpaired) electrons. The number of nitrogens with zero attached hydrogens (tertiary/aromatic N) is 1. The van der Waals surface area contributed by atoms with Crippen LogP contribution in [-0.2, 0) is 0 Å². The number of halogens is 1. The third kappa shape index (κ3) is 3.24. The zero-order chi connectivity index (χ0) is 15.7. The summed E-state index contributed by atoms with van der Waals surface area (Å²) in [5.41, 5.74) is 2.87. The number of hydrogen-bond acceptors (Lipinski definition) is 3. The highest BCUT2D eigenvalue weighted by atomic mass is 35.5. The molecule has 1 aliphatic heterocycles. The van der Waals surface area contributed by atoms with Crippen LogP contribution in [0.3, 0.4) is 0 Å². The second kappa shape index (κ2) is 7.37. The van der Waals surface area contributed by atoms with Crippen LogP contribution in [0, 0.1) is 13.8 Å². The fourth-order valence-electron chi connectivity index (χ4n) is 3.31. The number of hydrogen-bond donors (Lipinski definition) is 1. The average Bonchev–Trinajstić information content (AvgIpc) is 3.14. The topological polar surface area (TPSA) is 45.5 Å². The molecule has 2 heterocycles. The van der Waals surface area contributed by atoms with Crippen molar-refractivity contribution in [2.45, 2.75) is 39.7 Å². The Labute approximate surface area is 143 Å². The molecule has 3 rings (SSSR count). The summed E-state index contributed by atoms with van der Waals surface area (Å²) >= 11 is 0. The van der Waals surface area contributed by atoms with E-state index >= 15 is 0 Å². The standard InChI is InChI=1S/C18H24N2O2.ClH/c1-4-10-20(14-8-9-19-11-14)18(21)17-13(3)15-7-5-6-12(2)16(15)22-17;/h5-7,14,19H,4,8-11H2,1-3H3;1H. The summed E-state index contributed by atoms with van der Waals surface area (Å²) in [6.45, 7) is 8.75. The van der Waals surface area contributed by atoms with Crippen molar-refractivity contribution in [1.82, 2.24) is 10.2 Å². The first-order valence-corrected chi connectivity index (χ1v) is 8.14. The predicted molar refractivity (Wildman–Crippen MR) is 95.5 cm³/mol. The van der Waals surface area contributed by atoms with Crippen LogP contribution >= 0.6 is 12.4 Å². The van der Waals surface area contributed by atoms with E-state index in [0.29, 0.717) is 5.76 Å². The maximum absolute atomic E-state index is 13.0. The van der Waals surface area contributed by atoms with Gasteiger partial charge in [0.15, 0.2) is 5.76 Å². The SMILES string of the molecule is CCCN(C(=O)c1oc2c(C)cccc2c1C)C1CCNC1.Cl. The molecule has 0 bridgehead atoms. The molecule has 23 heavy (non-hydrogen) atoms. The predicted octanol–water partition coefficient (Wildman–Crippen LogP) is 3.69. The molecule has 1 N–H and O–H groups in total. The van der Waals surface area contributed by atoms with Gasteiger partial charge in [-0.25, -0.2) is 0 Å². The van der Waals surface area contributed by atoms with Crippen molar-refractivity contribution >= 4 is 29.3 Å². The summed E-state index contributed by atoms with van der Waals surface area (Å²) < 4.78 is 5.97. The van der Waals surface area contributed by atoms with E-state index in [-0.39, 0.29) is 24.4 Å². The van der Waals surface area contributed by atoms with Crippen molar-refractivity contribution in [3.63, 3.8) is 0 Å². The van der Waals surface area contributed by atoms with Gasteiger partial charge in [-0.1, -0.05) is 25.1 Å². The van der Waals surface area contributed by atoms with E-state index in [1.165, 1.54) is 0 Å². The van der Waals surface area contributed by atoms with Crippen LogP contribution in [0.5, 0.6) is 0 Å². The maximum Gasteiger partial charge on any atom is 0.290 e. The molecule has 1 aromatic heterocycles. The van der Waals surface area contributed by atoms with E-state index in [1.54, 1.807) is 0 Å². The van der Waals surface area contributed by atoms with E-state index < -0.39 is 0 Å². The molecule has 0 aliphatic carbocycles. The summed E-state index contributed by atoms with van der Waals surface area (Å²) in [5.74, 6) is 0.535. The number of furan rings is 1. The molecule has 1 aromatic carbocycles. The zero-order valence-corrected chi connectivity index (χ0v) is 14.8. The summed E-state index contributed by atoms with van der Waals surface area (Å²) in [4.78, 5) is 15.0. The molecule has 1 unspecified atom stereocenters. The van der Waals surface area contributed by atoms with Crippen LogP contribution in [-0.4, -0.2) is 36.5 Å². The number of rotatable bonds is 4. The Morgan fingerprint density at radius 1 is 1.39 bits per heavy atom. The van der Waals surface area contributed by atoms with Gasteiger partial charge < -0.3 is 14.6 Å². The van der Waals surface area contributed by atoms with Crippen molar-refractivity contribution in [2.75, 3.05) is 19.6 Å². The highest BCUT2D eigenvalue weighted by Crippen LogP contribution is 2.29. The molecule has 1 fully saturated rings. The van der Waals surface area contributed by atoms with Gasteiger partial charge in [0.05, 0.1) is 0 Å². The van der Waals surface area contributed by atoms with Gasteiger partial charge in [0.1, 0.15) is 5.58 Å². The van der Waals surface area contributed by atoms with Gasteiger partial charge in [0.2, 0.25) is 0 Å². The molecule has 1 aliphatic rings. The molecular weight excluding hydrogens is 312 g/mol. The fraction of sp³-hybridized carbons (Fsp3) is 0.500. The Bertz CT molecular complexity index is 690. The number of carbonyl (C=O) groups excluding carboxylic acids is 1. The van der Waals surface area contributed by atoms with Gasteiger partial charge >= 0.3 is 0 Å². The third-order valence-corrected chi connectivity index (χ3v) is 4.56. The van der Waals surface area contributed by atoms with E-state index in [1.807, 2.05) is 36.9 Å². The van der Waals surface area contributed by atoms with Crippen molar-refractivity contribution in [3.8, 4) is 0 Å². The molecule has 1 saturated heterocycles. The highest BCUT2D eigenvalue weighted by molar-refractivity contribution is 5.99. The normalized spacial score (nSPS) is 17.3. The highest BCUT2D eigenvalue weighted by Gasteiger charge is 2.30. The van der Waals surface area contributed by atoms with Crippen LogP contribution in [0.25, 0.3) is 11.0 Å². The van der Waals surface area contributed by atoms with E-state index in [2.05, 4.69) is 12.2 Å². The Morgan fingerprint density at radius 3 is 2.78 bits per heavy atom. The second-order valence-corrected chi connectivity index (χ2v) is 6.15. The van der Waals surface area contributed by atoms with Crippen molar-refractivity contribution in [1.29, 1.82) is 0 Å². The fourth-order valence-corrected chi connectivity index (χ4v) is 3.31. The molecule has 0 spiro atoms. The van der Waals surface area contributed by atoms with Crippen LogP contribution < -0.4 is 5.32 Å². The second-order valence-electron chi connectivity index (χ2n) is 6.15. The van der Waals surface area contributed by atoms with E-state index in [9.17, 15) is 4.79 Å². The number of carbonyl (C=O) groups is 1. The molecule has 4 nitrogen and oxygen atoms in total. The Kier molecular flexibility index (Phi) is 5.71. The van der Waals surface area contributed by atoms with Crippen molar-refractivity contribution in [3.05, 3.63) is 35.1 Å². The van der Waals surface area contributed by atoms with Crippen LogP contribution in [0.2, 0.25) is 0 Å². The van der Waals surface area contributed by atoms with Crippen LogP contribution in [0.15, 0.2) is 22.6 Å². The lowest BCUT2D eigenvalue weighted by atomic mass is 10.1. The zero-order valence-electron chi connectivity index (χ0n) is 14.0. The minimum atomic E-state index is 0. The summed E-state index contributed by atoms with van der Waals surface area (Å²) in [6.07, 6.45) is 1.98. The van der Waals surface area contributed by atoms with Crippen LogP contribution in [0.1, 0.15) is 41.4 Å². The minimum Gasteiger partial charge on any atom is -0.450 e. The number of amides is 1. The first kappa shape index (κ1) is 17.8. The number of fused-ring (bicyclic) bond motifs is 1. The molecule has 2 aromatic rings. The average molecular weight is 337 g/mol. The van der Waals surface area contributed by atoms with Gasteiger partial charge in [-0.15, -0.1) is 12.4 Å².